The summed E-state index contributed by atoms with van der Waals surface area (Å²) in [7, 11) is 0. The maximum absolute atomic E-state index is 5.65. The Hall–Kier alpha value is -2.33. The smallest absolute Gasteiger partial charge is 0.141 e. The van der Waals surface area contributed by atoms with Gasteiger partial charge in [-0.25, -0.2) is 9.97 Å². The van der Waals surface area contributed by atoms with Gasteiger partial charge >= 0.3 is 0 Å². The lowest BCUT2D eigenvalue weighted by molar-refractivity contribution is 0.318. The first-order valence-corrected chi connectivity index (χ1v) is 7.66. The molecule has 3 aromatic rings. The van der Waals surface area contributed by atoms with Crippen LogP contribution in [-0.2, 0) is 0 Å². The fraction of sp³-hybridized carbons (Fsp3) is 0.176. The number of benzene rings is 2. The van der Waals surface area contributed by atoms with Crippen molar-refractivity contribution in [1.29, 1.82) is 0 Å². The zero-order chi connectivity index (χ0) is 15.2. The number of hydrogen-bond donors (Lipinski definition) is 1. The van der Waals surface area contributed by atoms with E-state index in [-0.39, 0.29) is 0 Å². The molecule has 0 aliphatic carbocycles. The molecule has 0 saturated carbocycles. The molecule has 0 saturated heterocycles. The number of ether oxygens (including phenoxy) is 1. The molecule has 1 N–H and O–H groups in total. The van der Waals surface area contributed by atoms with E-state index in [1.54, 1.807) is 6.33 Å². The van der Waals surface area contributed by atoms with E-state index in [0.717, 1.165) is 34.6 Å². The van der Waals surface area contributed by atoms with E-state index in [1.807, 2.05) is 48.5 Å². The zero-order valence-electron chi connectivity index (χ0n) is 12.0. The first kappa shape index (κ1) is 14.6. The average molecular weight is 314 g/mol. The Labute approximate surface area is 134 Å². The first-order chi connectivity index (χ1) is 10.9. The van der Waals surface area contributed by atoms with E-state index in [0.29, 0.717) is 12.5 Å². The van der Waals surface area contributed by atoms with Gasteiger partial charge in [0.25, 0.3) is 0 Å². The molecule has 0 aliphatic heterocycles. The average Bonchev–Trinajstić information content (AvgIpc) is 2.56. The predicted molar refractivity (Wildman–Crippen MR) is 90.1 cm³/mol. The Balaban J connectivity index is 1.86. The minimum Gasteiger partial charge on any atom is -0.493 e. The summed E-state index contributed by atoms with van der Waals surface area (Å²) in [5, 5.41) is 4.26. The van der Waals surface area contributed by atoms with Crippen molar-refractivity contribution < 1.29 is 4.74 Å². The topological polar surface area (TPSA) is 47.0 Å². The lowest BCUT2D eigenvalue weighted by Gasteiger charge is -2.10. The van der Waals surface area contributed by atoms with E-state index in [2.05, 4.69) is 15.3 Å². The van der Waals surface area contributed by atoms with Crippen LogP contribution in [0.25, 0.3) is 10.9 Å². The maximum atomic E-state index is 5.65. The number of nitrogens with zero attached hydrogens (tertiary/aromatic N) is 2. The Morgan fingerprint density at radius 2 is 1.91 bits per heavy atom. The summed E-state index contributed by atoms with van der Waals surface area (Å²) in [6.45, 7) is 0.606. The lowest BCUT2D eigenvalue weighted by Crippen LogP contribution is -1.99. The van der Waals surface area contributed by atoms with Gasteiger partial charge in [0.2, 0.25) is 0 Å². The van der Waals surface area contributed by atoms with E-state index in [4.69, 9.17) is 16.3 Å². The number of aromatic nitrogens is 2. The van der Waals surface area contributed by atoms with Crippen molar-refractivity contribution in [3.05, 3.63) is 54.9 Å². The van der Waals surface area contributed by atoms with E-state index in [9.17, 15) is 0 Å². The standard InChI is InChI=1S/C17H16ClN3O/c18-9-4-10-22-14-7-8-15-16(11-14)19-12-20-17(15)21-13-5-2-1-3-6-13/h1-3,5-8,11-12H,4,9-10H2,(H,19,20,21). The predicted octanol–water partition coefficient (Wildman–Crippen LogP) is 4.38. The molecule has 1 heterocycles. The number of para-hydroxylation sites is 1. The summed E-state index contributed by atoms with van der Waals surface area (Å²) in [5.74, 6) is 2.17. The van der Waals surface area contributed by atoms with Crippen molar-refractivity contribution in [2.24, 2.45) is 0 Å². The monoisotopic (exact) mass is 313 g/mol. The third-order valence-electron chi connectivity index (χ3n) is 3.19. The molecule has 2 aromatic carbocycles. The molecule has 0 amide bonds. The van der Waals surface area contributed by atoms with Gasteiger partial charge in [-0.3, -0.25) is 0 Å². The van der Waals surface area contributed by atoms with Gasteiger partial charge in [-0.1, -0.05) is 18.2 Å². The quantitative estimate of drug-likeness (QED) is 0.542. The van der Waals surface area contributed by atoms with Gasteiger partial charge in [0.1, 0.15) is 17.9 Å². The third-order valence-corrected chi connectivity index (χ3v) is 3.46. The molecule has 0 fully saturated rings. The molecule has 112 valence electrons. The molecular weight excluding hydrogens is 298 g/mol. The van der Waals surface area contributed by atoms with Gasteiger partial charge in [-0.15, -0.1) is 11.6 Å². The molecular formula is C17H16ClN3O. The molecule has 4 nitrogen and oxygen atoms in total. The van der Waals surface area contributed by atoms with Gasteiger partial charge < -0.3 is 10.1 Å². The SMILES string of the molecule is ClCCCOc1ccc2c(Nc3ccccc3)ncnc2c1. The van der Waals surface area contributed by atoms with Crippen LogP contribution in [0.15, 0.2) is 54.9 Å². The lowest BCUT2D eigenvalue weighted by atomic mass is 10.2. The van der Waals surface area contributed by atoms with Crippen molar-refractivity contribution in [2.45, 2.75) is 6.42 Å². The number of fused-ring (bicyclic) bond motifs is 1. The van der Waals surface area contributed by atoms with E-state index < -0.39 is 0 Å². The Morgan fingerprint density at radius 3 is 2.73 bits per heavy atom. The molecule has 0 unspecified atom stereocenters. The van der Waals surface area contributed by atoms with Crippen molar-refractivity contribution in [1.82, 2.24) is 9.97 Å². The van der Waals surface area contributed by atoms with Gasteiger partial charge in [0, 0.05) is 23.0 Å². The fourth-order valence-corrected chi connectivity index (χ4v) is 2.24. The second-order valence-corrected chi connectivity index (χ2v) is 5.16. The Morgan fingerprint density at radius 1 is 1.05 bits per heavy atom. The van der Waals surface area contributed by atoms with Gasteiger partial charge in [0.15, 0.2) is 0 Å². The van der Waals surface area contributed by atoms with Gasteiger partial charge in [-0.2, -0.15) is 0 Å². The number of hydrogen-bond acceptors (Lipinski definition) is 4. The molecule has 1 aromatic heterocycles. The van der Waals surface area contributed by atoms with Crippen LogP contribution in [0.4, 0.5) is 11.5 Å². The Kier molecular flexibility index (Phi) is 4.71. The summed E-state index contributed by atoms with van der Waals surface area (Å²) >= 11 is 5.65. The van der Waals surface area contributed by atoms with Crippen LogP contribution in [0, 0.1) is 0 Å². The summed E-state index contributed by atoms with van der Waals surface area (Å²) < 4.78 is 5.65. The molecule has 0 radical (unpaired) electrons. The highest BCUT2D eigenvalue weighted by Crippen LogP contribution is 2.26. The molecule has 0 atom stereocenters. The second-order valence-electron chi connectivity index (χ2n) is 4.78. The largest absolute Gasteiger partial charge is 0.493 e. The molecule has 0 bridgehead atoms. The highest BCUT2D eigenvalue weighted by molar-refractivity contribution is 6.17. The molecule has 22 heavy (non-hydrogen) atoms. The molecule has 5 heteroatoms. The minimum absolute atomic E-state index is 0.598. The van der Waals surface area contributed by atoms with Crippen molar-refractivity contribution >= 4 is 34.0 Å². The number of nitrogens with one attached hydrogen (secondary N) is 1. The Bertz CT molecular complexity index is 749. The number of halogens is 1. The third kappa shape index (κ3) is 3.46. The molecule has 0 aliphatic rings. The van der Waals surface area contributed by atoms with Gasteiger partial charge in [0.05, 0.1) is 12.1 Å². The van der Waals surface area contributed by atoms with Crippen LogP contribution in [0.3, 0.4) is 0 Å². The number of anilines is 2. The number of alkyl halides is 1. The van der Waals surface area contributed by atoms with Crippen LogP contribution >= 0.6 is 11.6 Å². The second kappa shape index (κ2) is 7.09. The first-order valence-electron chi connectivity index (χ1n) is 7.12. The fourth-order valence-electron chi connectivity index (χ4n) is 2.13. The van der Waals surface area contributed by atoms with Crippen LogP contribution in [0.2, 0.25) is 0 Å². The van der Waals surface area contributed by atoms with Gasteiger partial charge in [-0.05, 0) is 30.7 Å². The van der Waals surface area contributed by atoms with Crippen LogP contribution in [-0.4, -0.2) is 22.5 Å². The molecule has 3 rings (SSSR count). The van der Waals surface area contributed by atoms with Crippen molar-refractivity contribution in [2.75, 3.05) is 17.8 Å². The normalized spacial score (nSPS) is 10.6. The van der Waals surface area contributed by atoms with Crippen molar-refractivity contribution in [3.8, 4) is 5.75 Å². The summed E-state index contributed by atoms with van der Waals surface area (Å²) in [6, 6.07) is 15.8. The summed E-state index contributed by atoms with van der Waals surface area (Å²) in [5.41, 5.74) is 1.83. The number of rotatable bonds is 6. The summed E-state index contributed by atoms with van der Waals surface area (Å²) in [6.07, 6.45) is 2.38. The van der Waals surface area contributed by atoms with Crippen LogP contribution in [0.5, 0.6) is 5.75 Å². The minimum atomic E-state index is 0.598. The summed E-state index contributed by atoms with van der Waals surface area (Å²) in [4.78, 5) is 8.64. The highest BCUT2D eigenvalue weighted by atomic mass is 35.5. The maximum Gasteiger partial charge on any atom is 0.141 e. The van der Waals surface area contributed by atoms with Crippen LogP contribution < -0.4 is 10.1 Å². The van der Waals surface area contributed by atoms with Crippen molar-refractivity contribution in [3.63, 3.8) is 0 Å². The highest BCUT2D eigenvalue weighted by Gasteiger charge is 2.05. The zero-order valence-corrected chi connectivity index (χ0v) is 12.8. The van der Waals surface area contributed by atoms with Crippen LogP contribution in [0.1, 0.15) is 6.42 Å². The van der Waals surface area contributed by atoms with E-state index in [1.165, 1.54) is 0 Å². The van der Waals surface area contributed by atoms with E-state index >= 15 is 0 Å². The molecule has 0 spiro atoms.